The summed E-state index contributed by atoms with van der Waals surface area (Å²) in [5, 5.41) is 0. The first-order chi connectivity index (χ1) is 9.18. The highest BCUT2D eigenvalue weighted by Crippen LogP contribution is 2.33. The van der Waals surface area contributed by atoms with Crippen LogP contribution < -0.4 is 0 Å². The van der Waals surface area contributed by atoms with Crippen LogP contribution in [0.15, 0.2) is 24.8 Å². The Bertz CT molecular complexity index is 324. The van der Waals surface area contributed by atoms with Gasteiger partial charge in [0.1, 0.15) is 6.61 Å². The van der Waals surface area contributed by atoms with Gasteiger partial charge >= 0.3 is 5.97 Å². The Labute approximate surface area is 125 Å². The molecule has 0 rings (SSSR count). The summed E-state index contributed by atoms with van der Waals surface area (Å²) in [5.41, 5.74) is 0.556. The minimum Gasteiger partial charge on any atom is -0.462 e. The number of rotatable bonds is 10. The number of carbonyl (C=O) groups excluding carboxylic acids is 1. The van der Waals surface area contributed by atoms with Crippen molar-refractivity contribution in [1.29, 1.82) is 0 Å². The molecule has 0 saturated heterocycles. The van der Waals surface area contributed by atoms with Gasteiger partial charge in [-0.1, -0.05) is 52.3 Å². The molecule has 0 aromatic rings. The van der Waals surface area contributed by atoms with Crippen molar-refractivity contribution in [3.8, 4) is 0 Å². The van der Waals surface area contributed by atoms with Gasteiger partial charge in [0.15, 0.2) is 0 Å². The Kier molecular flexibility index (Phi) is 8.52. The fraction of sp³-hybridized carbons (Fsp3) is 0.722. The lowest BCUT2D eigenvalue weighted by molar-refractivity contribution is -0.139. The highest BCUT2D eigenvalue weighted by atomic mass is 16.5. The summed E-state index contributed by atoms with van der Waals surface area (Å²) in [5.74, 6) is -0.226. The van der Waals surface area contributed by atoms with E-state index in [9.17, 15) is 4.79 Å². The van der Waals surface area contributed by atoms with Gasteiger partial charge in [0.2, 0.25) is 0 Å². The standard InChI is InChI=1S/C18H32O2/c1-7-8-11-17(3,4)12-9-13-18(5,6)14-10-15-20-16(2)19/h7,10,14H,1,8-9,11-13,15H2,2-6H3. The molecule has 2 nitrogen and oxygen atoms in total. The first kappa shape index (κ1) is 18.9. The van der Waals surface area contributed by atoms with Gasteiger partial charge in [-0.3, -0.25) is 4.79 Å². The van der Waals surface area contributed by atoms with Gasteiger partial charge in [-0.25, -0.2) is 0 Å². The van der Waals surface area contributed by atoms with Crippen LogP contribution in [0.3, 0.4) is 0 Å². The van der Waals surface area contributed by atoms with E-state index < -0.39 is 0 Å². The molecule has 0 unspecified atom stereocenters. The normalized spacial score (nSPS) is 12.7. The number of hydrogen-bond donors (Lipinski definition) is 0. The molecule has 0 atom stereocenters. The third kappa shape index (κ3) is 10.8. The van der Waals surface area contributed by atoms with Gasteiger partial charge in [-0.05, 0) is 36.5 Å². The van der Waals surface area contributed by atoms with Crippen molar-refractivity contribution in [2.75, 3.05) is 6.61 Å². The lowest BCUT2D eigenvalue weighted by Crippen LogP contribution is -2.14. The predicted octanol–water partition coefficient (Wildman–Crippen LogP) is 5.29. The molecule has 116 valence electrons. The zero-order chi connectivity index (χ0) is 15.6. The fourth-order valence-electron chi connectivity index (χ4n) is 2.26. The molecular weight excluding hydrogens is 248 g/mol. The van der Waals surface area contributed by atoms with Crippen molar-refractivity contribution in [3.05, 3.63) is 24.8 Å². The van der Waals surface area contributed by atoms with E-state index in [0.29, 0.717) is 12.0 Å². The average molecular weight is 280 g/mol. The van der Waals surface area contributed by atoms with Gasteiger partial charge in [-0.2, -0.15) is 0 Å². The second kappa shape index (κ2) is 8.99. The molecule has 0 aromatic carbocycles. The number of ether oxygens (including phenoxy) is 1. The molecular formula is C18H32O2. The second-order valence-electron chi connectivity index (χ2n) is 7.04. The third-order valence-corrected chi connectivity index (χ3v) is 3.65. The molecule has 0 aliphatic carbocycles. The van der Waals surface area contributed by atoms with Crippen LogP contribution in [0.1, 0.15) is 66.7 Å². The summed E-state index contributed by atoms with van der Waals surface area (Å²) in [6.07, 6.45) is 12.0. The van der Waals surface area contributed by atoms with Crippen molar-refractivity contribution in [3.63, 3.8) is 0 Å². The monoisotopic (exact) mass is 280 g/mol. The summed E-state index contributed by atoms with van der Waals surface area (Å²) in [6.45, 7) is 14.7. The topological polar surface area (TPSA) is 26.3 Å². The molecule has 0 bridgehead atoms. The van der Waals surface area contributed by atoms with E-state index in [0.717, 1.165) is 12.8 Å². The summed E-state index contributed by atoms with van der Waals surface area (Å²) in [7, 11) is 0. The van der Waals surface area contributed by atoms with Crippen molar-refractivity contribution in [1.82, 2.24) is 0 Å². The number of carbonyl (C=O) groups is 1. The maximum atomic E-state index is 10.7. The van der Waals surface area contributed by atoms with E-state index in [1.165, 1.54) is 26.2 Å². The van der Waals surface area contributed by atoms with Gasteiger partial charge in [0, 0.05) is 6.92 Å². The van der Waals surface area contributed by atoms with Crippen LogP contribution in [0.5, 0.6) is 0 Å². The molecule has 0 heterocycles. The molecule has 0 radical (unpaired) electrons. The summed E-state index contributed by atoms with van der Waals surface area (Å²) < 4.78 is 4.91. The van der Waals surface area contributed by atoms with Gasteiger partial charge in [-0.15, -0.1) is 6.58 Å². The minimum atomic E-state index is -0.226. The molecule has 0 spiro atoms. The van der Waals surface area contributed by atoms with Gasteiger partial charge < -0.3 is 4.74 Å². The van der Waals surface area contributed by atoms with E-state index in [4.69, 9.17) is 4.74 Å². The lowest BCUT2D eigenvalue weighted by Gasteiger charge is -2.27. The predicted molar refractivity (Wildman–Crippen MR) is 86.6 cm³/mol. The van der Waals surface area contributed by atoms with Crippen LogP contribution in [-0.4, -0.2) is 12.6 Å². The lowest BCUT2D eigenvalue weighted by atomic mass is 9.79. The zero-order valence-electron chi connectivity index (χ0n) is 14.0. The molecule has 0 N–H and O–H groups in total. The summed E-state index contributed by atoms with van der Waals surface area (Å²) >= 11 is 0. The minimum absolute atomic E-state index is 0.161. The van der Waals surface area contributed by atoms with Gasteiger partial charge in [0.25, 0.3) is 0 Å². The zero-order valence-corrected chi connectivity index (χ0v) is 14.0. The maximum Gasteiger partial charge on any atom is 0.302 e. The highest BCUT2D eigenvalue weighted by molar-refractivity contribution is 5.65. The average Bonchev–Trinajstić information content (AvgIpc) is 2.31. The Hall–Kier alpha value is -1.05. The smallest absolute Gasteiger partial charge is 0.302 e. The summed E-state index contributed by atoms with van der Waals surface area (Å²) in [4.78, 5) is 10.7. The molecule has 0 fully saturated rings. The maximum absolute atomic E-state index is 10.7. The van der Waals surface area contributed by atoms with Crippen LogP contribution in [0, 0.1) is 10.8 Å². The molecule has 20 heavy (non-hydrogen) atoms. The van der Waals surface area contributed by atoms with E-state index >= 15 is 0 Å². The van der Waals surface area contributed by atoms with Crippen LogP contribution in [0.2, 0.25) is 0 Å². The number of allylic oxidation sites excluding steroid dienone is 2. The molecule has 0 aromatic heterocycles. The Morgan fingerprint density at radius 3 is 2.35 bits per heavy atom. The van der Waals surface area contributed by atoms with Gasteiger partial charge in [0.05, 0.1) is 0 Å². The first-order valence-corrected chi connectivity index (χ1v) is 7.60. The van der Waals surface area contributed by atoms with E-state index in [2.05, 4.69) is 40.3 Å². The van der Waals surface area contributed by atoms with Crippen molar-refractivity contribution in [2.45, 2.75) is 66.7 Å². The highest BCUT2D eigenvalue weighted by Gasteiger charge is 2.19. The SMILES string of the molecule is C=CCCC(C)(C)CCCC(C)(C)C=CCOC(C)=O. The second-order valence-corrected chi connectivity index (χ2v) is 7.04. The largest absolute Gasteiger partial charge is 0.462 e. The van der Waals surface area contributed by atoms with Crippen LogP contribution in [0.25, 0.3) is 0 Å². The van der Waals surface area contributed by atoms with E-state index in [1.54, 1.807) is 0 Å². The van der Waals surface area contributed by atoms with Crippen LogP contribution in [-0.2, 0) is 9.53 Å². The quantitative estimate of drug-likeness (QED) is 0.401. The summed E-state index contributed by atoms with van der Waals surface area (Å²) in [6, 6.07) is 0. The van der Waals surface area contributed by atoms with Crippen molar-refractivity contribution >= 4 is 5.97 Å². The first-order valence-electron chi connectivity index (χ1n) is 7.60. The molecule has 0 aliphatic heterocycles. The molecule has 0 saturated carbocycles. The third-order valence-electron chi connectivity index (χ3n) is 3.65. The van der Waals surface area contributed by atoms with Crippen molar-refractivity contribution in [2.24, 2.45) is 10.8 Å². The van der Waals surface area contributed by atoms with Crippen molar-refractivity contribution < 1.29 is 9.53 Å². The van der Waals surface area contributed by atoms with E-state index in [-0.39, 0.29) is 11.4 Å². The Balaban J connectivity index is 4.02. The molecule has 0 amide bonds. The fourth-order valence-corrected chi connectivity index (χ4v) is 2.26. The molecule has 2 heteroatoms. The van der Waals surface area contributed by atoms with E-state index in [1.807, 2.05) is 12.2 Å². The van der Waals surface area contributed by atoms with Crippen LogP contribution >= 0.6 is 0 Å². The molecule has 0 aliphatic rings. The van der Waals surface area contributed by atoms with Crippen LogP contribution in [0.4, 0.5) is 0 Å². The Morgan fingerprint density at radius 2 is 1.80 bits per heavy atom. The number of esters is 1. The Morgan fingerprint density at radius 1 is 1.15 bits per heavy atom. The number of hydrogen-bond acceptors (Lipinski definition) is 2.